The quantitative estimate of drug-likeness (QED) is 0.264. The number of carbonyl (C=O) groups is 3. The summed E-state index contributed by atoms with van der Waals surface area (Å²) >= 11 is 0. The number of hydrogen-bond acceptors (Lipinski definition) is 6. The summed E-state index contributed by atoms with van der Waals surface area (Å²) in [6.45, 7) is 11.6. The van der Waals surface area contributed by atoms with Gasteiger partial charge in [0.1, 0.15) is 11.6 Å². The highest BCUT2D eigenvalue weighted by Gasteiger charge is 2.75. The molecule has 0 saturated carbocycles. The van der Waals surface area contributed by atoms with Crippen molar-refractivity contribution in [3.63, 3.8) is 0 Å². The van der Waals surface area contributed by atoms with E-state index in [-0.39, 0.29) is 38.1 Å². The van der Waals surface area contributed by atoms with Crippen molar-refractivity contribution >= 4 is 23.5 Å². The van der Waals surface area contributed by atoms with E-state index in [2.05, 4.69) is 13.2 Å². The molecule has 8 heteroatoms. The van der Waals surface area contributed by atoms with Gasteiger partial charge in [-0.1, -0.05) is 30.4 Å². The summed E-state index contributed by atoms with van der Waals surface area (Å²) in [6, 6.07) is 4.87. The standard InChI is InChI=1S/C29H38N2O6/c1-5-7-8-9-18-36-28(35)22-21-13-14-29(37-21)23(22)26(33)31(16-17-32)25(29)27(34)30(15-6-2)24-19(3)11-10-12-20(24)4/h5-6,10-12,21-23,25,32H,1-2,7-9,13-18H2,3-4H3/t21-,22+,23-,25?,29?/m0/s1. The van der Waals surface area contributed by atoms with E-state index >= 15 is 0 Å². The van der Waals surface area contributed by atoms with E-state index in [9.17, 15) is 19.5 Å². The van der Waals surface area contributed by atoms with E-state index in [1.807, 2.05) is 38.1 Å². The molecule has 5 atom stereocenters. The van der Waals surface area contributed by atoms with Crippen molar-refractivity contribution in [3.8, 4) is 0 Å². The van der Waals surface area contributed by atoms with Gasteiger partial charge in [0.15, 0.2) is 0 Å². The lowest BCUT2D eigenvalue weighted by Crippen LogP contribution is -2.57. The molecule has 2 bridgehead atoms. The van der Waals surface area contributed by atoms with Crippen LogP contribution in [0.15, 0.2) is 43.5 Å². The number of unbranched alkanes of at least 4 members (excludes halogenated alkanes) is 2. The average Bonchev–Trinajstić information content (AvgIpc) is 3.51. The van der Waals surface area contributed by atoms with Crippen molar-refractivity contribution < 1.29 is 29.0 Å². The number of β-amino-alcohol motifs (C(OH)–C–C–N with tert-alkyl or cyclic N) is 1. The first-order valence-corrected chi connectivity index (χ1v) is 13.2. The number of ether oxygens (including phenoxy) is 2. The van der Waals surface area contributed by atoms with Gasteiger partial charge in [-0.05, 0) is 57.1 Å². The van der Waals surface area contributed by atoms with Gasteiger partial charge in [-0.2, -0.15) is 0 Å². The minimum absolute atomic E-state index is 0.0144. The van der Waals surface area contributed by atoms with Crippen LogP contribution in [0.4, 0.5) is 5.69 Å². The van der Waals surface area contributed by atoms with Crippen molar-refractivity contribution in [2.75, 3.05) is 31.2 Å². The zero-order valence-corrected chi connectivity index (χ0v) is 21.9. The van der Waals surface area contributed by atoms with Gasteiger partial charge in [-0.15, -0.1) is 13.2 Å². The number of aliphatic hydroxyl groups is 1. The monoisotopic (exact) mass is 510 g/mol. The molecule has 2 unspecified atom stereocenters. The predicted octanol–water partition coefficient (Wildman–Crippen LogP) is 3.09. The lowest BCUT2D eigenvalue weighted by Gasteiger charge is -2.37. The predicted molar refractivity (Wildman–Crippen MR) is 140 cm³/mol. The Morgan fingerprint density at radius 3 is 2.62 bits per heavy atom. The fraction of sp³-hybridized carbons (Fsp3) is 0.552. The molecule has 3 heterocycles. The van der Waals surface area contributed by atoms with Crippen molar-refractivity contribution in [2.45, 2.75) is 63.7 Å². The molecule has 0 aliphatic carbocycles. The molecule has 1 spiro atoms. The van der Waals surface area contributed by atoms with Gasteiger partial charge in [0, 0.05) is 18.8 Å². The highest BCUT2D eigenvalue weighted by Crippen LogP contribution is 2.58. The van der Waals surface area contributed by atoms with Crippen LogP contribution in [0.25, 0.3) is 0 Å². The molecule has 0 aromatic heterocycles. The van der Waals surface area contributed by atoms with Crippen molar-refractivity contribution in [1.29, 1.82) is 0 Å². The lowest BCUT2D eigenvalue weighted by atomic mass is 9.70. The third-order valence-electron chi connectivity index (χ3n) is 7.98. The topological polar surface area (TPSA) is 96.4 Å². The van der Waals surface area contributed by atoms with E-state index in [1.54, 1.807) is 11.0 Å². The van der Waals surface area contributed by atoms with Crippen LogP contribution in [0.5, 0.6) is 0 Å². The number of allylic oxidation sites excluding steroid dienone is 1. The zero-order valence-electron chi connectivity index (χ0n) is 21.9. The number of nitrogens with zero attached hydrogens (tertiary/aromatic N) is 2. The number of anilines is 1. The van der Waals surface area contributed by atoms with Gasteiger partial charge >= 0.3 is 5.97 Å². The third-order valence-corrected chi connectivity index (χ3v) is 7.98. The van der Waals surface area contributed by atoms with Crippen molar-refractivity contribution in [3.05, 3.63) is 54.6 Å². The minimum atomic E-state index is -1.13. The van der Waals surface area contributed by atoms with Crippen LogP contribution >= 0.6 is 0 Å². The van der Waals surface area contributed by atoms with Gasteiger partial charge in [0.05, 0.1) is 31.2 Å². The highest BCUT2D eigenvalue weighted by atomic mass is 16.6. The number of rotatable bonds is 12. The largest absolute Gasteiger partial charge is 0.465 e. The molecule has 1 aromatic carbocycles. The molecule has 3 aliphatic rings. The lowest BCUT2D eigenvalue weighted by molar-refractivity contribution is -0.155. The number of esters is 1. The Hall–Kier alpha value is -2.97. The first kappa shape index (κ1) is 27.1. The Labute approximate surface area is 218 Å². The molecule has 3 fully saturated rings. The van der Waals surface area contributed by atoms with Gasteiger partial charge in [-0.25, -0.2) is 0 Å². The summed E-state index contributed by atoms with van der Waals surface area (Å²) in [5, 5.41) is 9.81. The molecule has 1 N–H and O–H groups in total. The molecular weight excluding hydrogens is 472 g/mol. The summed E-state index contributed by atoms with van der Waals surface area (Å²) in [6.07, 6.45) is 6.51. The number of carbonyl (C=O) groups excluding carboxylic acids is 3. The number of para-hydroxylation sites is 1. The molecule has 200 valence electrons. The number of likely N-dealkylation sites (tertiary alicyclic amines) is 1. The van der Waals surface area contributed by atoms with E-state index in [1.165, 1.54) is 4.90 Å². The van der Waals surface area contributed by atoms with E-state index < -0.39 is 35.6 Å². The molecule has 2 amide bonds. The minimum Gasteiger partial charge on any atom is -0.465 e. The first-order valence-electron chi connectivity index (χ1n) is 13.2. The van der Waals surface area contributed by atoms with Crippen LogP contribution in [0.2, 0.25) is 0 Å². The Morgan fingerprint density at radius 2 is 1.97 bits per heavy atom. The number of amides is 2. The van der Waals surface area contributed by atoms with E-state index in [0.717, 1.165) is 29.7 Å². The highest BCUT2D eigenvalue weighted by molar-refractivity contribution is 6.05. The Kier molecular flexibility index (Phi) is 8.19. The molecular formula is C29H38N2O6. The molecule has 3 saturated heterocycles. The van der Waals surface area contributed by atoms with Crippen LogP contribution < -0.4 is 4.90 Å². The molecule has 4 rings (SSSR count). The normalized spacial score (nSPS) is 27.8. The number of benzene rings is 1. The summed E-state index contributed by atoms with van der Waals surface area (Å²) in [5.41, 5.74) is 1.50. The first-order chi connectivity index (χ1) is 17.8. The second-order valence-electron chi connectivity index (χ2n) is 10.2. The van der Waals surface area contributed by atoms with Crippen molar-refractivity contribution in [1.82, 2.24) is 4.90 Å². The van der Waals surface area contributed by atoms with Crippen LogP contribution in [0.1, 0.15) is 43.2 Å². The molecule has 0 radical (unpaired) electrons. The van der Waals surface area contributed by atoms with Crippen molar-refractivity contribution in [2.24, 2.45) is 11.8 Å². The maximum absolute atomic E-state index is 14.3. The summed E-state index contributed by atoms with van der Waals surface area (Å²) in [5.74, 6) is -2.63. The third kappa shape index (κ3) is 4.61. The van der Waals surface area contributed by atoms with Crippen LogP contribution in [-0.4, -0.2) is 71.8 Å². The average molecular weight is 511 g/mol. The number of fused-ring (bicyclic) bond motifs is 1. The Balaban J connectivity index is 1.67. The van der Waals surface area contributed by atoms with E-state index in [4.69, 9.17) is 9.47 Å². The molecule has 37 heavy (non-hydrogen) atoms. The Bertz CT molecular complexity index is 1050. The fourth-order valence-corrected chi connectivity index (χ4v) is 6.51. The molecule has 8 nitrogen and oxygen atoms in total. The summed E-state index contributed by atoms with van der Waals surface area (Å²) in [4.78, 5) is 44.4. The Morgan fingerprint density at radius 1 is 1.24 bits per heavy atom. The maximum Gasteiger partial charge on any atom is 0.312 e. The molecule has 3 aliphatic heterocycles. The van der Waals surface area contributed by atoms with E-state index in [0.29, 0.717) is 19.3 Å². The number of aliphatic hydroxyl groups excluding tert-OH is 1. The summed E-state index contributed by atoms with van der Waals surface area (Å²) < 4.78 is 12.0. The summed E-state index contributed by atoms with van der Waals surface area (Å²) in [7, 11) is 0. The van der Waals surface area contributed by atoms with Crippen LogP contribution in [0, 0.1) is 25.7 Å². The number of aryl methyl sites for hydroxylation is 2. The SMILES string of the molecule is C=CCCCCOC(=O)[C@@H]1[C@@H]2CCC3(O2)C(C(=O)N(CC=C)c2c(C)cccc2C)N(CCO)C(=O)[C@H]13. The van der Waals surface area contributed by atoms with Crippen LogP contribution in [-0.2, 0) is 23.9 Å². The second-order valence-corrected chi connectivity index (χ2v) is 10.2. The van der Waals surface area contributed by atoms with Gasteiger partial charge in [0.2, 0.25) is 5.91 Å². The van der Waals surface area contributed by atoms with Gasteiger partial charge < -0.3 is 24.4 Å². The molecule has 1 aromatic rings. The van der Waals surface area contributed by atoms with Crippen LogP contribution in [0.3, 0.4) is 0 Å². The maximum atomic E-state index is 14.3. The van der Waals surface area contributed by atoms with Gasteiger partial charge in [-0.3, -0.25) is 14.4 Å². The fourth-order valence-electron chi connectivity index (χ4n) is 6.51. The second kappa shape index (κ2) is 11.2. The van der Waals surface area contributed by atoms with Gasteiger partial charge in [0.25, 0.3) is 5.91 Å². The number of hydrogen-bond donors (Lipinski definition) is 1. The zero-order chi connectivity index (χ0) is 26.7. The smallest absolute Gasteiger partial charge is 0.312 e.